The largest absolute Gasteiger partial charge is 0.461 e. The lowest BCUT2D eigenvalue weighted by Crippen LogP contribution is -2.04. The highest BCUT2D eigenvalue weighted by Gasteiger charge is 2.02. The standard InChI is InChI=1S/C34H60O2/c1-7-8-9-10-11-12-13-14-15-16-17-27-34(35)36-29-28-33(6)26-20-25-32(5)24-19-23-31(4)22-18-21-30(2)3/h21,23,25,28H,7-20,22,24,26-27,29H2,1-6H3/b31-23+,32-25?,33-28-. The van der Waals surface area contributed by atoms with E-state index in [1.165, 1.54) is 86.5 Å². The van der Waals surface area contributed by atoms with Crippen molar-refractivity contribution in [3.63, 3.8) is 0 Å². The van der Waals surface area contributed by atoms with Gasteiger partial charge in [-0.25, -0.2) is 0 Å². The predicted molar refractivity (Wildman–Crippen MR) is 160 cm³/mol. The number of unbranched alkanes of at least 4 members (excludes halogenated alkanes) is 10. The van der Waals surface area contributed by atoms with Crippen LogP contribution >= 0.6 is 0 Å². The summed E-state index contributed by atoms with van der Waals surface area (Å²) in [6.45, 7) is 13.6. The van der Waals surface area contributed by atoms with Gasteiger partial charge in [0.15, 0.2) is 0 Å². The Morgan fingerprint density at radius 3 is 1.42 bits per heavy atom. The highest BCUT2D eigenvalue weighted by atomic mass is 16.5. The fourth-order valence-electron chi connectivity index (χ4n) is 4.27. The third-order valence-corrected chi connectivity index (χ3v) is 6.81. The van der Waals surface area contributed by atoms with Crippen LogP contribution < -0.4 is 0 Å². The summed E-state index contributed by atoms with van der Waals surface area (Å²) < 4.78 is 5.41. The minimum Gasteiger partial charge on any atom is -0.461 e. The van der Waals surface area contributed by atoms with Gasteiger partial charge in [-0.15, -0.1) is 0 Å². The molecular weight excluding hydrogens is 440 g/mol. The molecule has 0 aliphatic heterocycles. The van der Waals surface area contributed by atoms with Crippen LogP contribution in [-0.2, 0) is 9.53 Å². The molecule has 0 amide bonds. The van der Waals surface area contributed by atoms with Crippen LogP contribution in [0.4, 0.5) is 0 Å². The fraction of sp³-hybridized carbons (Fsp3) is 0.735. The molecule has 0 atom stereocenters. The lowest BCUT2D eigenvalue weighted by Gasteiger charge is -2.05. The highest BCUT2D eigenvalue weighted by molar-refractivity contribution is 5.69. The first-order chi connectivity index (χ1) is 17.3. The Labute approximate surface area is 225 Å². The summed E-state index contributed by atoms with van der Waals surface area (Å²) in [4.78, 5) is 12.0. The van der Waals surface area contributed by atoms with Gasteiger partial charge in [0.05, 0.1) is 0 Å². The third kappa shape index (κ3) is 25.5. The van der Waals surface area contributed by atoms with Crippen molar-refractivity contribution in [2.24, 2.45) is 0 Å². The molecule has 0 rings (SSSR count). The third-order valence-electron chi connectivity index (χ3n) is 6.81. The number of hydrogen-bond donors (Lipinski definition) is 0. The summed E-state index contributed by atoms with van der Waals surface area (Å²) in [5.41, 5.74) is 5.67. The second kappa shape index (κ2) is 25.1. The molecule has 0 aromatic carbocycles. The maximum absolute atomic E-state index is 12.0. The van der Waals surface area contributed by atoms with Crippen molar-refractivity contribution < 1.29 is 9.53 Å². The van der Waals surface area contributed by atoms with E-state index in [-0.39, 0.29) is 5.97 Å². The van der Waals surface area contributed by atoms with Gasteiger partial charge in [-0.2, -0.15) is 0 Å². The minimum absolute atomic E-state index is 0.0464. The zero-order valence-corrected chi connectivity index (χ0v) is 25.1. The second-order valence-corrected chi connectivity index (χ2v) is 11.0. The molecule has 0 aromatic rings. The summed E-state index contributed by atoms with van der Waals surface area (Å²) in [7, 11) is 0. The quantitative estimate of drug-likeness (QED) is 0.0792. The van der Waals surface area contributed by atoms with Crippen molar-refractivity contribution in [3.05, 3.63) is 46.6 Å². The van der Waals surface area contributed by atoms with E-state index in [4.69, 9.17) is 4.74 Å². The highest BCUT2D eigenvalue weighted by Crippen LogP contribution is 2.14. The Morgan fingerprint density at radius 1 is 0.528 bits per heavy atom. The molecule has 2 nitrogen and oxygen atoms in total. The van der Waals surface area contributed by atoms with Gasteiger partial charge in [-0.1, -0.05) is 112 Å². The van der Waals surface area contributed by atoms with E-state index in [1.54, 1.807) is 0 Å². The molecule has 0 spiro atoms. The van der Waals surface area contributed by atoms with Crippen LogP contribution in [0, 0.1) is 0 Å². The summed E-state index contributed by atoms with van der Waals surface area (Å²) >= 11 is 0. The summed E-state index contributed by atoms with van der Waals surface area (Å²) in [6.07, 6.45) is 30.7. The van der Waals surface area contributed by atoms with Crippen LogP contribution in [-0.4, -0.2) is 12.6 Å². The van der Waals surface area contributed by atoms with E-state index in [2.05, 4.69) is 65.8 Å². The van der Waals surface area contributed by atoms with Gasteiger partial charge in [0.25, 0.3) is 0 Å². The first kappa shape index (κ1) is 34.4. The van der Waals surface area contributed by atoms with Crippen molar-refractivity contribution in [3.8, 4) is 0 Å². The first-order valence-corrected chi connectivity index (χ1v) is 15.1. The van der Waals surface area contributed by atoms with Gasteiger partial charge in [0.1, 0.15) is 6.61 Å². The Kier molecular flexibility index (Phi) is 24.0. The maximum Gasteiger partial charge on any atom is 0.306 e. The normalized spacial score (nSPS) is 12.7. The second-order valence-electron chi connectivity index (χ2n) is 11.0. The van der Waals surface area contributed by atoms with Crippen LogP contribution in [0.3, 0.4) is 0 Å². The van der Waals surface area contributed by atoms with E-state index in [0.29, 0.717) is 13.0 Å². The van der Waals surface area contributed by atoms with Crippen LogP contribution in [0.2, 0.25) is 0 Å². The lowest BCUT2D eigenvalue weighted by atomic mass is 10.0. The summed E-state index contributed by atoms with van der Waals surface area (Å²) in [5.74, 6) is -0.0464. The van der Waals surface area contributed by atoms with Gasteiger partial charge in [-0.3, -0.25) is 4.79 Å². The summed E-state index contributed by atoms with van der Waals surface area (Å²) in [5, 5.41) is 0. The van der Waals surface area contributed by atoms with Gasteiger partial charge >= 0.3 is 5.97 Å². The van der Waals surface area contributed by atoms with Gasteiger partial charge < -0.3 is 4.74 Å². The average Bonchev–Trinajstić information content (AvgIpc) is 2.82. The Bertz CT molecular complexity index is 659. The molecule has 0 aromatic heterocycles. The number of carbonyl (C=O) groups is 1. The molecule has 208 valence electrons. The Hall–Kier alpha value is -1.57. The smallest absolute Gasteiger partial charge is 0.306 e. The van der Waals surface area contributed by atoms with Crippen molar-refractivity contribution in [2.45, 2.75) is 157 Å². The Balaban J connectivity index is 3.76. The molecule has 0 N–H and O–H groups in total. The Morgan fingerprint density at radius 2 is 0.944 bits per heavy atom. The SMILES string of the molecule is CCCCCCCCCCCCCC(=O)OC/C=C(/C)CCC=C(C)CC/C=C(\C)CCC=C(C)C. The number of carbonyl (C=O) groups excluding carboxylic acids is 1. The van der Waals surface area contributed by atoms with E-state index < -0.39 is 0 Å². The van der Waals surface area contributed by atoms with E-state index in [0.717, 1.165) is 44.9 Å². The van der Waals surface area contributed by atoms with Crippen LogP contribution in [0.5, 0.6) is 0 Å². The fourth-order valence-corrected chi connectivity index (χ4v) is 4.27. The molecule has 2 heteroatoms. The molecule has 0 radical (unpaired) electrons. The van der Waals surface area contributed by atoms with E-state index >= 15 is 0 Å². The predicted octanol–water partition coefficient (Wildman–Crippen LogP) is 11.4. The maximum atomic E-state index is 12.0. The van der Waals surface area contributed by atoms with E-state index in [1.807, 2.05) is 0 Å². The average molecular weight is 501 g/mol. The molecule has 36 heavy (non-hydrogen) atoms. The molecule has 0 aliphatic rings. The number of allylic oxidation sites excluding steroid dienone is 7. The van der Waals surface area contributed by atoms with Crippen molar-refractivity contribution in [1.82, 2.24) is 0 Å². The molecule has 0 aliphatic carbocycles. The van der Waals surface area contributed by atoms with Gasteiger partial charge in [-0.05, 0) is 85.6 Å². The molecule has 0 unspecified atom stereocenters. The molecular formula is C34H60O2. The topological polar surface area (TPSA) is 26.3 Å². The summed E-state index contributed by atoms with van der Waals surface area (Å²) in [6, 6.07) is 0. The van der Waals surface area contributed by atoms with Gasteiger partial charge in [0, 0.05) is 6.42 Å². The van der Waals surface area contributed by atoms with Crippen molar-refractivity contribution in [1.29, 1.82) is 0 Å². The van der Waals surface area contributed by atoms with Crippen LogP contribution in [0.1, 0.15) is 157 Å². The number of ether oxygens (including phenoxy) is 1. The molecule has 0 fully saturated rings. The van der Waals surface area contributed by atoms with Crippen LogP contribution in [0.25, 0.3) is 0 Å². The monoisotopic (exact) mass is 500 g/mol. The first-order valence-electron chi connectivity index (χ1n) is 15.1. The molecule has 0 heterocycles. The molecule has 0 saturated heterocycles. The van der Waals surface area contributed by atoms with Crippen molar-refractivity contribution in [2.75, 3.05) is 6.61 Å². The van der Waals surface area contributed by atoms with Crippen LogP contribution in [0.15, 0.2) is 46.6 Å². The zero-order chi connectivity index (χ0) is 26.9. The number of hydrogen-bond acceptors (Lipinski definition) is 2. The van der Waals surface area contributed by atoms with Crippen molar-refractivity contribution >= 4 is 5.97 Å². The lowest BCUT2D eigenvalue weighted by molar-refractivity contribution is -0.142. The number of rotatable bonds is 23. The number of esters is 1. The minimum atomic E-state index is -0.0464. The molecule has 0 bridgehead atoms. The zero-order valence-electron chi connectivity index (χ0n) is 25.1. The van der Waals surface area contributed by atoms with Gasteiger partial charge in [0.2, 0.25) is 0 Å². The van der Waals surface area contributed by atoms with E-state index in [9.17, 15) is 4.79 Å². The molecule has 0 saturated carbocycles.